The number of nitrogens with zero attached hydrogens (tertiary/aromatic N) is 1. The lowest BCUT2D eigenvalue weighted by Gasteiger charge is -2.06. The van der Waals surface area contributed by atoms with Crippen LogP contribution in [0.2, 0.25) is 0 Å². The number of hydrogen-bond donors (Lipinski definition) is 0. The molecule has 0 aliphatic rings. The molecule has 0 saturated heterocycles. The summed E-state index contributed by atoms with van der Waals surface area (Å²) >= 11 is 5.65. The van der Waals surface area contributed by atoms with E-state index in [1.165, 1.54) is 7.11 Å². The molecule has 0 N–H and O–H groups in total. The second-order valence-corrected chi connectivity index (χ2v) is 3.16. The van der Waals surface area contributed by atoms with Crippen LogP contribution < -0.4 is 0 Å². The summed E-state index contributed by atoms with van der Waals surface area (Å²) in [6, 6.07) is 3.50. The molecule has 0 saturated carbocycles. The van der Waals surface area contributed by atoms with Crippen molar-refractivity contribution in [1.29, 1.82) is 0 Å². The van der Waals surface area contributed by atoms with Gasteiger partial charge in [0.1, 0.15) is 5.69 Å². The summed E-state index contributed by atoms with van der Waals surface area (Å²) in [5.74, 6) is -0.0144. The fourth-order valence-electron chi connectivity index (χ4n) is 1.24. The first kappa shape index (κ1) is 10.9. The van der Waals surface area contributed by atoms with Crippen LogP contribution in [0.25, 0.3) is 5.57 Å². The van der Waals surface area contributed by atoms with Gasteiger partial charge in [-0.1, -0.05) is 6.58 Å². The molecule has 0 aliphatic heterocycles. The van der Waals surface area contributed by atoms with E-state index in [-0.39, 0.29) is 5.97 Å². The molecule has 14 heavy (non-hydrogen) atoms. The Morgan fingerprint density at radius 3 is 2.64 bits per heavy atom. The molecule has 1 rings (SSSR count). The average molecular weight is 214 g/mol. The van der Waals surface area contributed by atoms with Gasteiger partial charge in [0.2, 0.25) is 0 Å². The van der Waals surface area contributed by atoms with Crippen LogP contribution in [0.1, 0.15) is 16.2 Å². The number of halogens is 1. The van der Waals surface area contributed by atoms with Gasteiger partial charge in [-0.3, -0.25) is 0 Å². The number of carbonyl (C=O) groups excluding carboxylic acids is 1. The highest BCUT2D eigenvalue weighted by atomic mass is 35.5. The van der Waals surface area contributed by atoms with E-state index in [1.54, 1.807) is 23.7 Å². The average Bonchev–Trinajstić information content (AvgIpc) is 2.58. The number of methoxy groups -OCH3 is 1. The molecule has 0 bridgehead atoms. The summed E-state index contributed by atoms with van der Waals surface area (Å²) < 4.78 is 6.34. The number of aromatic nitrogens is 1. The maximum absolute atomic E-state index is 11.3. The van der Waals surface area contributed by atoms with E-state index < -0.39 is 0 Å². The van der Waals surface area contributed by atoms with E-state index in [0.29, 0.717) is 11.6 Å². The van der Waals surface area contributed by atoms with Crippen LogP contribution >= 0.6 is 11.6 Å². The van der Waals surface area contributed by atoms with Gasteiger partial charge in [-0.15, -0.1) is 11.6 Å². The number of esters is 1. The summed E-state index contributed by atoms with van der Waals surface area (Å²) in [4.78, 5) is 11.3. The number of rotatable bonds is 3. The third kappa shape index (κ3) is 1.82. The van der Waals surface area contributed by atoms with E-state index in [2.05, 4.69) is 11.3 Å². The zero-order valence-corrected chi connectivity index (χ0v) is 8.97. The topological polar surface area (TPSA) is 31.2 Å². The minimum absolute atomic E-state index is 0.346. The van der Waals surface area contributed by atoms with E-state index in [1.807, 2.05) is 0 Å². The zero-order chi connectivity index (χ0) is 10.7. The van der Waals surface area contributed by atoms with Gasteiger partial charge in [-0.25, -0.2) is 4.79 Å². The summed E-state index contributed by atoms with van der Waals surface area (Å²) in [6.07, 6.45) is 0. The molecular weight excluding hydrogens is 202 g/mol. The minimum atomic E-state index is -0.360. The van der Waals surface area contributed by atoms with Gasteiger partial charge in [-0.05, 0) is 17.7 Å². The van der Waals surface area contributed by atoms with E-state index >= 15 is 0 Å². The summed E-state index contributed by atoms with van der Waals surface area (Å²) in [5, 5.41) is 0. The van der Waals surface area contributed by atoms with Crippen molar-refractivity contribution in [3.8, 4) is 0 Å². The molecule has 1 heterocycles. The van der Waals surface area contributed by atoms with Gasteiger partial charge in [0.15, 0.2) is 0 Å². The summed E-state index contributed by atoms with van der Waals surface area (Å²) in [7, 11) is 3.13. The Balaban J connectivity index is 3.08. The third-order valence-corrected chi connectivity index (χ3v) is 2.36. The fraction of sp³-hybridized carbons (Fsp3) is 0.300. The number of allylic oxidation sites excluding steroid dienone is 1. The predicted octanol–water partition coefficient (Wildman–Crippen LogP) is 2.06. The van der Waals surface area contributed by atoms with Gasteiger partial charge in [-0.2, -0.15) is 0 Å². The van der Waals surface area contributed by atoms with Crippen LogP contribution in [0.5, 0.6) is 0 Å². The minimum Gasteiger partial charge on any atom is -0.464 e. The lowest BCUT2D eigenvalue weighted by atomic mass is 10.2. The molecule has 0 atom stereocenters. The molecular formula is C10H12ClNO2. The smallest absolute Gasteiger partial charge is 0.354 e. The third-order valence-electron chi connectivity index (χ3n) is 2.04. The predicted molar refractivity (Wildman–Crippen MR) is 56.5 cm³/mol. The second-order valence-electron chi connectivity index (χ2n) is 2.89. The van der Waals surface area contributed by atoms with Crippen LogP contribution in [-0.2, 0) is 11.8 Å². The van der Waals surface area contributed by atoms with Crippen molar-refractivity contribution in [2.24, 2.45) is 7.05 Å². The number of hydrogen-bond acceptors (Lipinski definition) is 2. The molecule has 0 fully saturated rings. The lowest BCUT2D eigenvalue weighted by molar-refractivity contribution is 0.0590. The number of carbonyl (C=O) groups is 1. The van der Waals surface area contributed by atoms with Crippen LogP contribution in [0, 0.1) is 0 Å². The Morgan fingerprint density at radius 2 is 2.14 bits per heavy atom. The SMILES string of the molecule is C=C(CCl)c1ccc(C(=O)OC)n1C. The van der Waals surface area contributed by atoms with Gasteiger partial charge in [0.05, 0.1) is 7.11 Å². The Kier molecular flexibility index (Phi) is 3.36. The maximum atomic E-state index is 11.3. The quantitative estimate of drug-likeness (QED) is 0.569. The van der Waals surface area contributed by atoms with E-state index in [9.17, 15) is 4.79 Å². The van der Waals surface area contributed by atoms with Crippen LogP contribution in [0.15, 0.2) is 18.7 Å². The zero-order valence-electron chi connectivity index (χ0n) is 8.21. The summed E-state index contributed by atoms with van der Waals surface area (Å²) in [5.41, 5.74) is 2.12. The normalized spacial score (nSPS) is 9.93. The molecule has 4 heteroatoms. The van der Waals surface area contributed by atoms with Crippen molar-refractivity contribution in [1.82, 2.24) is 4.57 Å². The highest BCUT2D eigenvalue weighted by Crippen LogP contribution is 2.17. The van der Waals surface area contributed by atoms with Gasteiger partial charge < -0.3 is 9.30 Å². The molecule has 0 aliphatic carbocycles. The molecule has 0 amide bonds. The summed E-state index contributed by atoms with van der Waals surface area (Å²) in [6.45, 7) is 3.80. The molecule has 1 aromatic rings. The van der Waals surface area contributed by atoms with Crippen molar-refractivity contribution < 1.29 is 9.53 Å². The van der Waals surface area contributed by atoms with Crippen molar-refractivity contribution >= 4 is 23.1 Å². The molecule has 1 aromatic heterocycles. The van der Waals surface area contributed by atoms with Crippen molar-refractivity contribution in [3.63, 3.8) is 0 Å². The van der Waals surface area contributed by atoms with Crippen molar-refractivity contribution in [2.75, 3.05) is 13.0 Å². The van der Waals surface area contributed by atoms with E-state index in [0.717, 1.165) is 11.3 Å². The second kappa shape index (κ2) is 4.33. The monoisotopic (exact) mass is 213 g/mol. The highest BCUT2D eigenvalue weighted by molar-refractivity contribution is 6.23. The van der Waals surface area contributed by atoms with Gasteiger partial charge in [0.25, 0.3) is 0 Å². The lowest BCUT2D eigenvalue weighted by Crippen LogP contribution is -2.09. The Morgan fingerprint density at radius 1 is 1.57 bits per heavy atom. The molecule has 0 spiro atoms. The Labute approximate surface area is 87.9 Å². The molecule has 76 valence electrons. The number of alkyl halides is 1. The largest absolute Gasteiger partial charge is 0.464 e. The first-order valence-corrected chi connectivity index (χ1v) is 4.63. The van der Waals surface area contributed by atoms with Crippen molar-refractivity contribution in [2.45, 2.75) is 0 Å². The molecule has 3 nitrogen and oxygen atoms in total. The van der Waals surface area contributed by atoms with E-state index in [4.69, 9.17) is 11.6 Å². The first-order chi connectivity index (χ1) is 6.61. The van der Waals surface area contributed by atoms with Crippen molar-refractivity contribution in [3.05, 3.63) is 30.1 Å². The standard InChI is InChI=1S/C10H12ClNO2/c1-7(6-11)8-4-5-9(12(8)2)10(13)14-3/h4-5H,1,6H2,2-3H3. The van der Waals surface area contributed by atoms with Crippen LogP contribution in [0.3, 0.4) is 0 Å². The van der Waals surface area contributed by atoms with Crippen LogP contribution in [-0.4, -0.2) is 23.5 Å². The first-order valence-electron chi connectivity index (χ1n) is 4.10. The van der Waals surface area contributed by atoms with Gasteiger partial charge in [0, 0.05) is 18.6 Å². The number of ether oxygens (including phenoxy) is 1. The van der Waals surface area contributed by atoms with Gasteiger partial charge >= 0.3 is 5.97 Å². The Hall–Kier alpha value is -1.22. The molecule has 0 aromatic carbocycles. The Bertz CT molecular complexity index is 335. The van der Waals surface area contributed by atoms with Crippen LogP contribution in [0.4, 0.5) is 0 Å². The highest BCUT2D eigenvalue weighted by Gasteiger charge is 2.13. The molecule has 0 unspecified atom stereocenters. The maximum Gasteiger partial charge on any atom is 0.354 e. The molecule has 0 radical (unpaired) electrons. The fourth-order valence-corrected chi connectivity index (χ4v) is 1.38.